The summed E-state index contributed by atoms with van der Waals surface area (Å²) >= 11 is 0. The smallest absolute Gasteiger partial charge is 0.251 e. The monoisotopic (exact) mass is 285 g/mol. The molecule has 0 aromatic heterocycles. The van der Waals surface area contributed by atoms with E-state index in [1.165, 1.54) is 12.1 Å². The van der Waals surface area contributed by atoms with Crippen molar-refractivity contribution in [3.63, 3.8) is 0 Å². The molecule has 1 N–H and O–H groups in total. The Bertz CT molecular complexity index is 595. The highest BCUT2D eigenvalue weighted by Crippen LogP contribution is 2.21. The van der Waals surface area contributed by atoms with Gasteiger partial charge >= 0.3 is 0 Å². The Hall–Kier alpha value is -2.16. The van der Waals surface area contributed by atoms with Crippen LogP contribution in [0.3, 0.4) is 0 Å². The zero-order valence-electron chi connectivity index (χ0n) is 12.3. The van der Waals surface area contributed by atoms with Crippen LogP contribution in [0.5, 0.6) is 0 Å². The number of halogens is 1. The Kier molecular flexibility index (Phi) is 5.09. The van der Waals surface area contributed by atoms with E-state index in [2.05, 4.69) is 19.2 Å². The van der Waals surface area contributed by atoms with Gasteiger partial charge in [-0.15, -0.1) is 0 Å². The maximum Gasteiger partial charge on any atom is 0.251 e. The van der Waals surface area contributed by atoms with Gasteiger partial charge in [0.25, 0.3) is 5.91 Å². The number of carbonyl (C=O) groups excluding carboxylic acids is 1. The van der Waals surface area contributed by atoms with Crippen LogP contribution in [0.2, 0.25) is 0 Å². The van der Waals surface area contributed by atoms with Crippen molar-refractivity contribution in [2.75, 3.05) is 0 Å². The summed E-state index contributed by atoms with van der Waals surface area (Å²) in [5.74, 6) is -0.199. The van der Waals surface area contributed by atoms with Crippen molar-refractivity contribution in [3.05, 3.63) is 71.5 Å². The van der Waals surface area contributed by atoms with E-state index < -0.39 is 5.82 Å². The molecule has 0 saturated carbocycles. The number of amides is 1. The van der Waals surface area contributed by atoms with Gasteiger partial charge in [-0.2, -0.15) is 0 Å². The molecule has 0 fully saturated rings. The molecule has 2 nitrogen and oxygen atoms in total. The van der Waals surface area contributed by atoms with Crippen molar-refractivity contribution < 1.29 is 9.18 Å². The Morgan fingerprint density at radius 3 is 2.43 bits per heavy atom. The summed E-state index contributed by atoms with van der Waals surface area (Å²) < 4.78 is 13.2. The van der Waals surface area contributed by atoms with Crippen LogP contribution in [0.4, 0.5) is 4.39 Å². The summed E-state index contributed by atoms with van der Waals surface area (Å²) in [6, 6.07) is 15.5. The van der Waals surface area contributed by atoms with E-state index in [1.54, 1.807) is 12.1 Å². The highest BCUT2D eigenvalue weighted by atomic mass is 19.1. The lowest BCUT2D eigenvalue weighted by Gasteiger charge is -2.21. The molecule has 110 valence electrons. The molecule has 0 spiro atoms. The Balaban J connectivity index is 2.17. The fourth-order valence-corrected chi connectivity index (χ4v) is 2.31. The average Bonchev–Trinajstić information content (AvgIpc) is 2.47. The van der Waals surface area contributed by atoms with E-state index in [9.17, 15) is 9.18 Å². The molecule has 1 amide bonds. The summed E-state index contributed by atoms with van der Waals surface area (Å²) in [5.41, 5.74) is 1.41. The zero-order chi connectivity index (χ0) is 15.2. The van der Waals surface area contributed by atoms with E-state index in [4.69, 9.17) is 0 Å². The molecule has 21 heavy (non-hydrogen) atoms. The maximum atomic E-state index is 13.2. The molecule has 0 saturated heterocycles. The summed E-state index contributed by atoms with van der Waals surface area (Å²) in [7, 11) is 0. The second kappa shape index (κ2) is 7.02. The van der Waals surface area contributed by atoms with Crippen molar-refractivity contribution in [1.29, 1.82) is 0 Å². The third-order valence-corrected chi connectivity index (χ3v) is 3.30. The molecule has 0 aliphatic carbocycles. The third-order valence-electron chi connectivity index (χ3n) is 3.30. The molecule has 0 aliphatic rings. The van der Waals surface area contributed by atoms with Gasteiger partial charge in [-0.05, 0) is 36.1 Å². The standard InChI is InChI=1S/C18H20FNO/c1-13(2)11-17(14-7-4-3-5-8-14)20-18(21)15-9-6-10-16(19)12-15/h3-10,12-13,17H,11H2,1-2H3,(H,20,21)/t17-/m1/s1. The molecular formula is C18H20FNO. The van der Waals surface area contributed by atoms with Gasteiger partial charge in [-0.1, -0.05) is 50.2 Å². The van der Waals surface area contributed by atoms with Crippen LogP contribution >= 0.6 is 0 Å². The van der Waals surface area contributed by atoms with Crippen LogP contribution in [-0.4, -0.2) is 5.91 Å². The number of hydrogen-bond donors (Lipinski definition) is 1. The van der Waals surface area contributed by atoms with E-state index in [-0.39, 0.29) is 11.9 Å². The summed E-state index contributed by atoms with van der Waals surface area (Å²) in [6.07, 6.45) is 0.838. The first-order valence-electron chi connectivity index (χ1n) is 7.17. The molecule has 1 atom stereocenters. The van der Waals surface area contributed by atoms with Crippen molar-refractivity contribution in [2.24, 2.45) is 5.92 Å². The molecule has 3 heteroatoms. The fraction of sp³-hybridized carbons (Fsp3) is 0.278. The highest BCUT2D eigenvalue weighted by Gasteiger charge is 2.17. The van der Waals surface area contributed by atoms with Crippen LogP contribution in [0.25, 0.3) is 0 Å². The van der Waals surface area contributed by atoms with E-state index in [0.717, 1.165) is 12.0 Å². The largest absolute Gasteiger partial charge is 0.345 e. The molecule has 0 heterocycles. The van der Waals surface area contributed by atoms with Gasteiger partial charge in [-0.3, -0.25) is 4.79 Å². The summed E-state index contributed by atoms with van der Waals surface area (Å²) in [5, 5.41) is 3.00. The Labute approximate surface area is 125 Å². The number of benzene rings is 2. The van der Waals surface area contributed by atoms with Crippen LogP contribution in [0.1, 0.15) is 42.2 Å². The first kappa shape index (κ1) is 15.2. The Morgan fingerprint density at radius 1 is 1.10 bits per heavy atom. The lowest BCUT2D eigenvalue weighted by Crippen LogP contribution is -2.29. The first-order valence-corrected chi connectivity index (χ1v) is 7.17. The van der Waals surface area contributed by atoms with Gasteiger partial charge in [-0.25, -0.2) is 4.39 Å². The van der Waals surface area contributed by atoms with Crippen molar-refractivity contribution in [1.82, 2.24) is 5.32 Å². The van der Waals surface area contributed by atoms with Crippen molar-refractivity contribution in [2.45, 2.75) is 26.3 Å². The van der Waals surface area contributed by atoms with Gasteiger partial charge in [0.15, 0.2) is 0 Å². The predicted molar refractivity (Wildman–Crippen MR) is 82.5 cm³/mol. The van der Waals surface area contributed by atoms with Gasteiger partial charge in [0.1, 0.15) is 5.82 Å². The Morgan fingerprint density at radius 2 is 1.81 bits per heavy atom. The normalized spacial score (nSPS) is 12.2. The van der Waals surface area contributed by atoms with Gasteiger partial charge in [0, 0.05) is 5.56 Å². The molecular weight excluding hydrogens is 265 g/mol. The van der Waals surface area contributed by atoms with Crippen LogP contribution in [0, 0.1) is 11.7 Å². The highest BCUT2D eigenvalue weighted by molar-refractivity contribution is 5.94. The second-order valence-corrected chi connectivity index (χ2v) is 5.58. The van der Waals surface area contributed by atoms with E-state index >= 15 is 0 Å². The third kappa shape index (κ3) is 4.42. The topological polar surface area (TPSA) is 29.1 Å². The van der Waals surface area contributed by atoms with Crippen molar-refractivity contribution in [3.8, 4) is 0 Å². The fourth-order valence-electron chi connectivity index (χ4n) is 2.31. The number of nitrogens with one attached hydrogen (secondary N) is 1. The van der Waals surface area contributed by atoms with Gasteiger partial charge in [0.05, 0.1) is 6.04 Å². The lowest BCUT2D eigenvalue weighted by atomic mass is 9.96. The van der Waals surface area contributed by atoms with Gasteiger partial charge in [0.2, 0.25) is 0 Å². The van der Waals surface area contributed by atoms with E-state index in [0.29, 0.717) is 11.5 Å². The van der Waals surface area contributed by atoms with Crippen LogP contribution in [-0.2, 0) is 0 Å². The zero-order valence-corrected chi connectivity index (χ0v) is 12.3. The lowest BCUT2D eigenvalue weighted by molar-refractivity contribution is 0.0931. The summed E-state index contributed by atoms with van der Waals surface area (Å²) in [6.45, 7) is 4.23. The molecule has 2 rings (SSSR count). The minimum absolute atomic E-state index is 0.0676. The molecule has 0 bridgehead atoms. The number of hydrogen-bond acceptors (Lipinski definition) is 1. The SMILES string of the molecule is CC(C)C[C@@H](NC(=O)c1cccc(F)c1)c1ccccc1. The number of carbonyl (C=O) groups is 1. The minimum Gasteiger partial charge on any atom is -0.345 e. The number of rotatable bonds is 5. The summed E-state index contributed by atoms with van der Waals surface area (Å²) in [4.78, 5) is 12.3. The van der Waals surface area contributed by atoms with Crippen LogP contribution < -0.4 is 5.32 Å². The average molecular weight is 285 g/mol. The van der Waals surface area contributed by atoms with Gasteiger partial charge < -0.3 is 5.32 Å². The second-order valence-electron chi connectivity index (χ2n) is 5.58. The van der Waals surface area contributed by atoms with E-state index in [1.807, 2.05) is 30.3 Å². The molecule has 0 radical (unpaired) electrons. The minimum atomic E-state index is -0.400. The molecule has 0 unspecified atom stereocenters. The van der Waals surface area contributed by atoms with Crippen LogP contribution in [0.15, 0.2) is 54.6 Å². The predicted octanol–water partition coefficient (Wildman–Crippen LogP) is 4.34. The molecule has 2 aromatic carbocycles. The molecule has 0 aliphatic heterocycles. The quantitative estimate of drug-likeness (QED) is 0.869. The van der Waals surface area contributed by atoms with Crippen molar-refractivity contribution >= 4 is 5.91 Å². The molecule has 2 aromatic rings. The maximum absolute atomic E-state index is 13.2. The first-order chi connectivity index (χ1) is 10.1.